The highest BCUT2D eigenvalue weighted by Gasteiger charge is 2.30. The van der Waals surface area contributed by atoms with Crippen molar-refractivity contribution < 1.29 is 27.4 Å². The lowest BCUT2D eigenvalue weighted by Crippen LogP contribution is -2.20. The molecule has 0 spiro atoms. The van der Waals surface area contributed by atoms with Crippen LogP contribution in [-0.4, -0.2) is 25.4 Å². The molecule has 0 aliphatic rings. The summed E-state index contributed by atoms with van der Waals surface area (Å²) in [6, 6.07) is 2.34. The third kappa shape index (κ3) is 4.51. The largest absolute Gasteiger partial charge is 0.482 e. The number of nitrogens with two attached hydrogens (primary N) is 1. The SMILES string of the molecule is CCOC(=O)c1cc(N)cc(Cl)c1OCC(F)(F)F. The van der Waals surface area contributed by atoms with Crippen molar-refractivity contribution in [2.24, 2.45) is 0 Å². The van der Waals surface area contributed by atoms with Gasteiger partial charge in [0.2, 0.25) is 0 Å². The summed E-state index contributed by atoms with van der Waals surface area (Å²) in [6.45, 7) is 0.0506. The van der Waals surface area contributed by atoms with Crippen LogP contribution in [0.3, 0.4) is 0 Å². The van der Waals surface area contributed by atoms with Crippen LogP contribution in [0.5, 0.6) is 5.75 Å². The molecule has 8 heteroatoms. The molecule has 0 bridgehead atoms. The maximum atomic E-state index is 12.1. The Morgan fingerprint density at radius 2 is 2.05 bits per heavy atom. The smallest absolute Gasteiger partial charge is 0.422 e. The fourth-order valence-electron chi connectivity index (χ4n) is 1.28. The van der Waals surface area contributed by atoms with Gasteiger partial charge in [0.05, 0.1) is 11.6 Å². The van der Waals surface area contributed by atoms with E-state index in [-0.39, 0.29) is 22.9 Å². The molecule has 0 saturated carbocycles. The standard InChI is InChI=1S/C11H11ClF3NO3/c1-2-18-10(17)7-3-6(16)4-8(12)9(7)19-5-11(13,14)15/h3-4H,2,5,16H2,1H3. The van der Waals surface area contributed by atoms with Gasteiger partial charge in [-0.1, -0.05) is 11.6 Å². The molecular weight excluding hydrogens is 287 g/mol. The summed E-state index contributed by atoms with van der Waals surface area (Å²) >= 11 is 5.73. The fourth-order valence-corrected chi connectivity index (χ4v) is 1.56. The average molecular weight is 298 g/mol. The second kappa shape index (κ2) is 6.01. The molecule has 0 aliphatic carbocycles. The molecule has 0 amide bonds. The highest BCUT2D eigenvalue weighted by atomic mass is 35.5. The molecule has 2 N–H and O–H groups in total. The number of halogens is 4. The number of nitrogen functional groups attached to an aromatic ring is 1. The van der Waals surface area contributed by atoms with Crippen LogP contribution in [0.25, 0.3) is 0 Å². The lowest BCUT2D eigenvalue weighted by atomic mass is 10.2. The summed E-state index contributed by atoms with van der Waals surface area (Å²) in [4.78, 5) is 11.6. The minimum atomic E-state index is -4.54. The van der Waals surface area contributed by atoms with E-state index in [1.165, 1.54) is 6.07 Å². The van der Waals surface area contributed by atoms with Gasteiger partial charge < -0.3 is 15.2 Å². The molecule has 1 aromatic carbocycles. The van der Waals surface area contributed by atoms with E-state index in [0.717, 1.165) is 6.07 Å². The molecule has 0 heterocycles. The van der Waals surface area contributed by atoms with Crippen molar-refractivity contribution in [2.75, 3.05) is 18.9 Å². The first-order chi connectivity index (χ1) is 8.74. The first-order valence-corrected chi connectivity index (χ1v) is 5.58. The molecule has 19 heavy (non-hydrogen) atoms. The Labute approximate surface area is 112 Å². The van der Waals surface area contributed by atoms with Crippen molar-refractivity contribution in [2.45, 2.75) is 13.1 Å². The van der Waals surface area contributed by atoms with E-state index < -0.39 is 24.5 Å². The van der Waals surface area contributed by atoms with Crippen molar-refractivity contribution in [3.05, 3.63) is 22.7 Å². The summed E-state index contributed by atoms with van der Waals surface area (Å²) in [6.07, 6.45) is -4.54. The molecule has 0 aromatic heterocycles. The Morgan fingerprint density at radius 3 is 2.58 bits per heavy atom. The summed E-state index contributed by atoms with van der Waals surface area (Å²) in [7, 11) is 0. The molecule has 1 aromatic rings. The van der Waals surface area contributed by atoms with Gasteiger partial charge >= 0.3 is 12.1 Å². The van der Waals surface area contributed by atoms with Crippen LogP contribution in [0, 0.1) is 0 Å². The predicted molar refractivity (Wildman–Crippen MR) is 63.4 cm³/mol. The number of carbonyl (C=O) groups excluding carboxylic acids is 1. The predicted octanol–water partition coefficient (Wildman–Crippen LogP) is 3.04. The van der Waals surface area contributed by atoms with Gasteiger partial charge in [-0.05, 0) is 19.1 Å². The molecule has 0 fully saturated rings. The second-order valence-electron chi connectivity index (χ2n) is 3.50. The van der Waals surface area contributed by atoms with Crippen molar-refractivity contribution in [3.63, 3.8) is 0 Å². The molecule has 0 aliphatic heterocycles. The van der Waals surface area contributed by atoms with Crippen LogP contribution in [-0.2, 0) is 4.74 Å². The zero-order chi connectivity index (χ0) is 14.6. The van der Waals surface area contributed by atoms with Gasteiger partial charge in [0.15, 0.2) is 12.4 Å². The fraction of sp³-hybridized carbons (Fsp3) is 0.364. The number of ether oxygens (including phenoxy) is 2. The van der Waals surface area contributed by atoms with Crippen molar-refractivity contribution in [3.8, 4) is 5.75 Å². The van der Waals surface area contributed by atoms with Crippen LogP contribution in [0.1, 0.15) is 17.3 Å². The Hall–Kier alpha value is -1.63. The van der Waals surface area contributed by atoms with E-state index in [9.17, 15) is 18.0 Å². The number of esters is 1. The zero-order valence-electron chi connectivity index (χ0n) is 9.88. The topological polar surface area (TPSA) is 61.5 Å². The molecule has 1 rings (SSSR count). The number of carbonyl (C=O) groups is 1. The average Bonchev–Trinajstić information content (AvgIpc) is 2.25. The number of hydrogen-bond acceptors (Lipinski definition) is 4. The number of rotatable bonds is 4. The molecule has 106 valence electrons. The quantitative estimate of drug-likeness (QED) is 0.685. The monoisotopic (exact) mass is 297 g/mol. The van der Waals surface area contributed by atoms with E-state index in [4.69, 9.17) is 22.1 Å². The highest BCUT2D eigenvalue weighted by molar-refractivity contribution is 6.33. The Morgan fingerprint density at radius 1 is 1.42 bits per heavy atom. The molecule has 4 nitrogen and oxygen atoms in total. The number of alkyl halides is 3. The van der Waals surface area contributed by atoms with Crippen molar-refractivity contribution >= 4 is 23.3 Å². The molecule has 0 radical (unpaired) electrons. The van der Waals surface area contributed by atoms with Crippen LogP contribution in [0.4, 0.5) is 18.9 Å². The van der Waals surface area contributed by atoms with Gasteiger partial charge in [0.25, 0.3) is 0 Å². The first kappa shape index (κ1) is 15.4. The maximum absolute atomic E-state index is 12.1. The maximum Gasteiger partial charge on any atom is 0.422 e. The van der Waals surface area contributed by atoms with Crippen LogP contribution in [0.15, 0.2) is 12.1 Å². The summed E-state index contributed by atoms with van der Waals surface area (Å²) in [5.74, 6) is -1.25. The van der Waals surface area contributed by atoms with Crippen molar-refractivity contribution in [1.82, 2.24) is 0 Å². The number of benzene rings is 1. The van der Waals surface area contributed by atoms with Gasteiger partial charge in [-0.25, -0.2) is 4.79 Å². The van der Waals surface area contributed by atoms with Crippen molar-refractivity contribution in [1.29, 1.82) is 0 Å². The number of hydrogen-bond donors (Lipinski definition) is 1. The highest BCUT2D eigenvalue weighted by Crippen LogP contribution is 2.33. The van der Waals surface area contributed by atoms with E-state index in [1.807, 2.05) is 0 Å². The van der Waals surface area contributed by atoms with Gasteiger partial charge in [0, 0.05) is 5.69 Å². The van der Waals surface area contributed by atoms with Crippen LogP contribution >= 0.6 is 11.6 Å². The molecule has 0 saturated heterocycles. The zero-order valence-corrected chi connectivity index (χ0v) is 10.6. The summed E-state index contributed by atoms with van der Waals surface area (Å²) < 4.78 is 45.6. The van der Waals surface area contributed by atoms with E-state index in [1.54, 1.807) is 6.92 Å². The Kier molecular flexibility index (Phi) is 4.88. The second-order valence-corrected chi connectivity index (χ2v) is 3.91. The van der Waals surface area contributed by atoms with Crippen LogP contribution < -0.4 is 10.5 Å². The molecular formula is C11H11ClF3NO3. The minimum Gasteiger partial charge on any atom is -0.482 e. The third-order valence-corrected chi connectivity index (χ3v) is 2.22. The Balaban J connectivity index is 3.09. The summed E-state index contributed by atoms with van der Waals surface area (Å²) in [5.41, 5.74) is 5.35. The Bertz CT molecular complexity index is 477. The molecule has 0 unspecified atom stereocenters. The van der Waals surface area contributed by atoms with Gasteiger partial charge in [-0.3, -0.25) is 0 Å². The van der Waals surface area contributed by atoms with E-state index in [0.29, 0.717) is 0 Å². The van der Waals surface area contributed by atoms with E-state index >= 15 is 0 Å². The van der Waals surface area contributed by atoms with Gasteiger partial charge in [-0.2, -0.15) is 13.2 Å². The third-order valence-electron chi connectivity index (χ3n) is 1.94. The minimum absolute atomic E-state index is 0.0595. The van der Waals surface area contributed by atoms with Gasteiger partial charge in [-0.15, -0.1) is 0 Å². The molecule has 0 atom stereocenters. The lowest BCUT2D eigenvalue weighted by Gasteiger charge is -2.14. The first-order valence-electron chi connectivity index (χ1n) is 5.20. The summed E-state index contributed by atoms with van der Waals surface area (Å²) in [5, 5.41) is -0.188. The number of anilines is 1. The van der Waals surface area contributed by atoms with E-state index in [2.05, 4.69) is 4.74 Å². The lowest BCUT2D eigenvalue weighted by molar-refractivity contribution is -0.153. The van der Waals surface area contributed by atoms with Gasteiger partial charge in [0.1, 0.15) is 5.56 Å². The normalized spacial score (nSPS) is 11.2. The van der Waals surface area contributed by atoms with Crippen LogP contribution in [0.2, 0.25) is 5.02 Å².